The van der Waals surface area contributed by atoms with Crippen LogP contribution in [0.3, 0.4) is 0 Å². The maximum absolute atomic E-state index is 13.8. The number of fused-ring (bicyclic) bond motifs is 3. The van der Waals surface area contributed by atoms with Crippen LogP contribution in [0.2, 0.25) is 0 Å². The van der Waals surface area contributed by atoms with Gasteiger partial charge in [0.1, 0.15) is 18.8 Å². The van der Waals surface area contributed by atoms with Gasteiger partial charge in [-0.25, -0.2) is 14.0 Å². The molecule has 2 aromatic carbocycles. The lowest BCUT2D eigenvalue weighted by Crippen LogP contribution is -2.41. The normalized spacial score (nSPS) is 20.9. The molecule has 0 radical (unpaired) electrons. The van der Waals surface area contributed by atoms with E-state index in [2.05, 4.69) is 16.9 Å². The van der Waals surface area contributed by atoms with E-state index in [1.165, 1.54) is 7.11 Å². The van der Waals surface area contributed by atoms with Gasteiger partial charge in [0.05, 0.1) is 13.7 Å². The monoisotopic (exact) mass is 369 g/mol. The number of benzene rings is 2. The van der Waals surface area contributed by atoms with Crippen molar-refractivity contribution in [3.8, 4) is 11.1 Å². The third-order valence-corrected chi connectivity index (χ3v) is 5.29. The Hall–Kier alpha value is -2.89. The highest BCUT2D eigenvalue weighted by Gasteiger charge is 2.42. The number of esters is 1. The highest BCUT2D eigenvalue weighted by Crippen LogP contribution is 2.44. The Morgan fingerprint density at radius 3 is 2.26 bits per heavy atom. The molecule has 1 aliphatic heterocycles. The first-order valence-electron chi connectivity index (χ1n) is 8.93. The highest BCUT2D eigenvalue weighted by atomic mass is 19.1. The van der Waals surface area contributed by atoms with E-state index in [-0.39, 0.29) is 25.5 Å². The van der Waals surface area contributed by atoms with E-state index >= 15 is 0 Å². The van der Waals surface area contributed by atoms with Gasteiger partial charge in [-0.2, -0.15) is 0 Å². The molecule has 1 fully saturated rings. The van der Waals surface area contributed by atoms with Crippen molar-refractivity contribution in [3.63, 3.8) is 0 Å². The molecule has 2 aliphatic rings. The van der Waals surface area contributed by atoms with Crippen LogP contribution in [-0.2, 0) is 14.3 Å². The maximum atomic E-state index is 13.8. The minimum Gasteiger partial charge on any atom is -0.467 e. The zero-order valence-corrected chi connectivity index (χ0v) is 14.9. The Bertz CT molecular complexity index is 838. The predicted molar refractivity (Wildman–Crippen MR) is 97.1 cm³/mol. The molecule has 0 saturated carbocycles. The molecule has 4 rings (SSSR count). The molecule has 2 aromatic rings. The molecule has 0 unspecified atom stereocenters. The van der Waals surface area contributed by atoms with Gasteiger partial charge in [-0.3, -0.25) is 4.90 Å². The summed E-state index contributed by atoms with van der Waals surface area (Å²) in [6.45, 7) is -0.0232. The summed E-state index contributed by atoms with van der Waals surface area (Å²) in [6.07, 6.45) is -2.00. The quantitative estimate of drug-likeness (QED) is 0.777. The molecule has 1 saturated heterocycles. The average Bonchev–Trinajstić information content (AvgIpc) is 3.24. The van der Waals surface area contributed by atoms with E-state index in [1.807, 2.05) is 36.4 Å². The summed E-state index contributed by atoms with van der Waals surface area (Å²) in [6, 6.07) is 15.1. The van der Waals surface area contributed by atoms with Crippen molar-refractivity contribution in [3.05, 3.63) is 59.7 Å². The maximum Gasteiger partial charge on any atom is 0.410 e. The summed E-state index contributed by atoms with van der Waals surface area (Å²) >= 11 is 0. The Kier molecular flexibility index (Phi) is 4.56. The molecule has 1 amide bonds. The molecule has 1 aliphatic carbocycles. The minimum absolute atomic E-state index is 0.0587. The number of ether oxygens (including phenoxy) is 2. The van der Waals surface area contributed by atoms with Crippen molar-refractivity contribution >= 4 is 12.1 Å². The Labute approximate surface area is 156 Å². The number of carbonyl (C=O) groups excluding carboxylic acids is 2. The summed E-state index contributed by atoms with van der Waals surface area (Å²) in [7, 11) is 1.23. The SMILES string of the molecule is COC(=O)[C@H]1C[C@H](F)CN1C(=O)OCC1c2ccccc2-c2ccccc21. The molecule has 2 atom stereocenters. The van der Waals surface area contributed by atoms with Crippen LogP contribution in [0, 0.1) is 0 Å². The second-order valence-electron chi connectivity index (χ2n) is 6.83. The van der Waals surface area contributed by atoms with Crippen molar-refractivity contribution in [2.45, 2.75) is 24.6 Å². The molecule has 1 heterocycles. The van der Waals surface area contributed by atoms with E-state index in [1.54, 1.807) is 0 Å². The molecule has 6 heteroatoms. The van der Waals surface area contributed by atoms with Crippen LogP contribution in [0.25, 0.3) is 11.1 Å². The molecular formula is C21H20FNO4. The number of halogens is 1. The highest BCUT2D eigenvalue weighted by molar-refractivity contribution is 5.82. The second kappa shape index (κ2) is 7.02. The Morgan fingerprint density at radius 2 is 1.67 bits per heavy atom. The zero-order chi connectivity index (χ0) is 19.0. The second-order valence-corrected chi connectivity index (χ2v) is 6.83. The first-order chi connectivity index (χ1) is 13.1. The molecule has 0 N–H and O–H groups in total. The van der Waals surface area contributed by atoms with Crippen LogP contribution >= 0.6 is 0 Å². The molecule has 140 valence electrons. The fourth-order valence-electron chi connectivity index (χ4n) is 4.02. The van der Waals surface area contributed by atoms with Gasteiger partial charge in [0.15, 0.2) is 0 Å². The minimum atomic E-state index is -1.26. The molecular weight excluding hydrogens is 349 g/mol. The third kappa shape index (κ3) is 3.05. The number of methoxy groups -OCH3 is 1. The van der Waals surface area contributed by atoms with E-state index in [4.69, 9.17) is 4.74 Å². The number of rotatable bonds is 3. The van der Waals surface area contributed by atoms with Crippen molar-refractivity contribution in [2.75, 3.05) is 20.3 Å². The van der Waals surface area contributed by atoms with Crippen LogP contribution in [-0.4, -0.2) is 49.4 Å². The van der Waals surface area contributed by atoms with Gasteiger partial charge in [0.2, 0.25) is 0 Å². The molecule has 0 bridgehead atoms. The van der Waals surface area contributed by atoms with Gasteiger partial charge >= 0.3 is 12.1 Å². The third-order valence-electron chi connectivity index (χ3n) is 5.29. The lowest BCUT2D eigenvalue weighted by Gasteiger charge is -2.23. The van der Waals surface area contributed by atoms with E-state index in [0.717, 1.165) is 27.2 Å². The smallest absolute Gasteiger partial charge is 0.410 e. The van der Waals surface area contributed by atoms with Crippen LogP contribution in [0.4, 0.5) is 9.18 Å². The summed E-state index contributed by atoms with van der Waals surface area (Å²) in [5, 5.41) is 0. The van der Waals surface area contributed by atoms with Gasteiger partial charge in [-0.15, -0.1) is 0 Å². The molecule has 0 spiro atoms. The van der Waals surface area contributed by atoms with Gasteiger partial charge in [0, 0.05) is 12.3 Å². The number of carbonyl (C=O) groups is 2. The summed E-state index contributed by atoms with van der Waals surface area (Å²) in [5.74, 6) is -0.703. The topological polar surface area (TPSA) is 55.8 Å². The van der Waals surface area contributed by atoms with E-state index in [0.29, 0.717) is 0 Å². The van der Waals surface area contributed by atoms with Crippen LogP contribution in [0.5, 0.6) is 0 Å². The summed E-state index contributed by atoms with van der Waals surface area (Å²) in [5.41, 5.74) is 4.46. The molecule has 5 nitrogen and oxygen atoms in total. The van der Waals surface area contributed by atoms with E-state index < -0.39 is 24.3 Å². The zero-order valence-electron chi connectivity index (χ0n) is 14.9. The summed E-state index contributed by atoms with van der Waals surface area (Å²) in [4.78, 5) is 25.5. The van der Waals surface area contributed by atoms with Crippen LogP contribution in [0.15, 0.2) is 48.5 Å². The first kappa shape index (κ1) is 17.5. The van der Waals surface area contributed by atoms with Crippen molar-refractivity contribution in [1.29, 1.82) is 0 Å². The first-order valence-corrected chi connectivity index (χ1v) is 8.93. The van der Waals surface area contributed by atoms with Gasteiger partial charge in [-0.05, 0) is 22.3 Å². The standard InChI is InChI=1S/C21H20FNO4/c1-26-20(24)19-10-13(22)11-23(19)21(25)27-12-18-16-8-4-2-6-14(16)15-7-3-5-9-17(15)18/h2-9,13,18-19H,10-12H2,1H3/t13-,19+/m0/s1. The number of hydrogen-bond donors (Lipinski definition) is 0. The van der Waals surface area contributed by atoms with Crippen molar-refractivity contribution in [2.24, 2.45) is 0 Å². The number of likely N-dealkylation sites (tertiary alicyclic amines) is 1. The number of hydrogen-bond acceptors (Lipinski definition) is 4. The van der Waals surface area contributed by atoms with Crippen LogP contribution < -0.4 is 0 Å². The fraction of sp³-hybridized carbons (Fsp3) is 0.333. The van der Waals surface area contributed by atoms with Gasteiger partial charge in [0.25, 0.3) is 0 Å². The number of amides is 1. The largest absolute Gasteiger partial charge is 0.467 e. The Balaban J connectivity index is 1.52. The van der Waals surface area contributed by atoms with Crippen LogP contribution in [0.1, 0.15) is 23.5 Å². The van der Waals surface area contributed by atoms with Crippen molar-refractivity contribution < 1.29 is 23.5 Å². The number of alkyl halides is 1. The van der Waals surface area contributed by atoms with Gasteiger partial charge in [-0.1, -0.05) is 48.5 Å². The molecule has 27 heavy (non-hydrogen) atoms. The lowest BCUT2D eigenvalue weighted by atomic mass is 9.98. The molecule has 0 aromatic heterocycles. The lowest BCUT2D eigenvalue weighted by molar-refractivity contribution is -0.145. The van der Waals surface area contributed by atoms with Crippen molar-refractivity contribution in [1.82, 2.24) is 4.90 Å². The summed E-state index contributed by atoms with van der Waals surface area (Å²) < 4.78 is 23.9. The van der Waals surface area contributed by atoms with E-state index in [9.17, 15) is 14.0 Å². The number of nitrogens with zero attached hydrogens (tertiary/aromatic N) is 1. The average molecular weight is 369 g/mol. The fourth-order valence-corrected chi connectivity index (χ4v) is 4.02. The van der Waals surface area contributed by atoms with Gasteiger partial charge < -0.3 is 9.47 Å². The Morgan fingerprint density at radius 1 is 1.07 bits per heavy atom. The predicted octanol–water partition coefficient (Wildman–Crippen LogP) is 3.52.